The summed E-state index contributed by atoms with van der Waals surface area (Å²) in [6.45, 7) is 8.55. The number of rotatable bonds is 5. The Balaban J connectivity index is 2.09. The summed E-state index contributed by atoms with van der Waals surface area (Å²) < 4.78 is 3.96. The maximum absolute atomic E-state index is 10.4. The summed E-state index contributed by atoms with van der Waals surface area (Å²) in [6.07, 6.45) is 1.88. The van der Waals surface area contributed by atoms with E-state index < -0.39 is 6.10 Å². The lowest BCUT2D eigenvalue weighted by Gasteiger charge is -2.14. The van der Waals surface area contributed by atoms with Crippen LogP contribution in [0.5, 0.6) is 0 Å². The summed E-state index contributed by atoms with van der Waals surface area (Å²) in [5, 5.41) is 17.5. The van der Waals surface area contributed by atoms with Gasteiger partial charge in [-0.1, -0.05) is 38.6 Å². The zero-order chi connectivity index (χ0) is 14.8. The van der Waals surface area contributed by atoms with Crippen LogP contribution in [0, 0.1) is 0 Å². The standard InChI is InChI=1S/C14H21N3OS2/c1-5-6-9-13(20-17-16-9)10(18)7-12-15-11(8-19-12)14(2,3)4/h8,10,18H,5-7H2,1-4H3. The number of aromatic nitrogens is 3. The van der Waals surface area contributed by atoms with Crippen molar-refractivity contribution >= 4 is 22.9 Å². The molecule has 20 heavy (non-hydrogen) atoms. The van der Waals surface area contributed by atoms with E-state index in [-0.39, 0.29) is 5.41 Å². The molecule has 1 atom stereocenters. The molecule has 0 fully saturated rings. The number of nitrogens with zero attached hydrogens (tertiary/aromatic N) is 3. The first-order chi connectivity index (χ1) is 9.41. The van der Waals surface area contributed by atoms with Gasteiger partial charge in [0, 0.05) is 17.2 Å². The van der Waals surface area contributed by atoms with Gasteiger partial charge in [-0.25, -0.2) is 4.98 Å². The van der Waals surface area contributed by atoms with Crippen LogP contribution in [0.25, 0.3) is 0 Å². The second-order valence-corrected chi connectivity index (χ2v) is 7.66. The summed E-state index contributed by atoms with van der Waals surface area (Å²) >= 11 is 2.91. The van der Waals surface area contributed by atoms with Gasteiger partial charge in [-0.3, -0.25) is 0 Å². The maximum Gasteiger partial charge on any atom is 0.0980 e. The fraction of sp³-hybridized carbons (Fsp3) is 0.643. The van der Waals surface area contributed by atoms with Crippen molar-refractivity contribution in [2.75, 3.05) is 0 Å². The monoisotopic (exact) mass is 311 g/mol. The first kappa shape index (κ1) is 15.5. The van der Waals surface area contributed by atoms with Gasteiger partial charge < -0.3 is 5.11 Å². The van der Waals surface area contributed by atoms with Crippen LogP contribution in [0.3, 0.4) is 0 Å². The number of aryl methyl sites for hydroxylation is 1. The predicted octanol–water partition coefficient (Wildman–Crippen LogP) is 3.52. The van der Waals surface area contributed by atoms with Crippen LogP contribution in [0.15, 0.2) is 5.38 Å². The average molecular weight is 311 g/mol. The van der Waals surface area contributed by atoms with Crippen molar-refractivity contribution in [3.8, 4) is 0 Å². The molecule has 2 heterocycles. The lowest BCUT2D eigenvalue weighted by molar-refractivity contribution is 0.180. The molecular formula is C14H21N3OS2. The number of hydrogen-bond acceptors (Lipinski definition) is 6. The van der Waals surface area contributed by atoms with Crippen molar-refractivity contribution in [2.24, 2.45) is 0 Å². The van der Waals surface area contributed by atoms with Crippen molar-refractivity contribution in [2.45, 2.75) is 58.5 Å². The van der Waals surface area contributed by atoms with Crippen LogP contribution in [0.2, 0.25) is 0 Å². The van der Waals surface area contributed by atoms with Crippen LogP contribution in [-0.2, 0) is 18.3 Å². The molecule has 0 aliphatic rings. The SMILES string of the molecule is CCCc1nnsc1C(O)Cc1nc(C(C)(C)C)cs1. The molecule has 2 aromatic heterocycles. The van der Waals surface area contributed by atoms with Gasteiger partial charge in [-0.05, 0) is 18.0 Å². The highest BCUT2D eigenvalue weighted by molar-refractivity contribution is 7.09. The Hall–Kier alpha value is -0.850. The molecule has 2 aromatic rings. The van der Waals surface area contributed by atoms with E-state index in [0.717, 1.165) is 34.1 Å². The van der Waals surface area contributed by atoms with Crippen molar-refractivity contribution in [1.29, 1.82) is 0 Å². The highest BCUT2D eigenvalue weighted by Crippen LogP contribution is 2.28. The molecule has 0 amide bonds. The van der Waals surface area contributed by atoms with Crippen LogP contribution in [0.4, 0.5) is 0 Å². The topological polar surface area (TPSA) is 58.9 Å². The molecule has 1 unspecified atom stereocenters. The Bertz CT molecular complexity index is 557. The van der Waals surface area contributed by atoms with Crippen LogP contribution >= 0.6 is 22.9 Å². The summed E-state index contributed by atoms with van der Waals surface area (Å²) in [6, 6.07) is 0. The molecule has 4 nitrogen and oxygen atoms in total. The zero-order valence-corrected chi connectivity index (χ0v) is 14.0. The molecule has 0 saturated heterocycles. The van der Waals surface area contributed by atoms with Crippen LogP contribution in [-0.4, -0.2) is 19.7 Å². The van der Waals surface area contributed by atoms with Gasteiger partial charge in [0.15, 0.2) is 0 Å². The van der Waals surface area contributed by atoms with E-state index in [4.69, 9.17) is 0 Å². The van der Waals surface area contributed by atoms with Gasteiger partial charge in [0.05, 0.1) is 27.4 Å². The summed E-state index contributed by atoms with van der Waals surface area (Å²) in [7, 11) is 0. The third-order valence-electron chi connectivity index (χ3n) is 3.06. The molecule has 1 N–H and O–H groups in total. The predicted molar refractivity (Wildman–Crippen MR) is 83.4 cm³/mol. The quantitative estimate of drug-likeness (QED) is 0.918. The molecule has 2 rings (SSSR count). The van der Waals surface area contributed by atoms with Crippen molar-refractivity contribution in [3.05, 3.63) is 26.7 Å². The van der Waals surface area contributed by atoms with Crippen molar-refractivity contribution in [3.63, 3.8) is 0 Å². The van der Waals surface area contributed by atoms with Gasteiger partial charge in [0.25, 0.3) is 0 Å². The normalized spacial score (nSPS) is 13.7. The molecule has 0 bridgehead atoms. The second-order valence-electron chi connectivity index (χ2n) is 5.93. The van der Waals surface area contributed by atoms with E-state index in [2.05, 4.69) is 47.6 Å². The van der Waals surface area contributed by atoms with E-state index in [1.165, 1.54) is 11.5 Å². The van der Waals surface area contributed by atoms with E-state index in [0.29, 0.717) is 6.42 Å². The largest absolute Gasteiger partial charge is 0.387 e. The first-order valence-corrected chi connectivity index (χ1v) is 8.51. The molecule has 0 aliphatic carbocycles. The van der Waals surface area contributed by atoms with E-state index in [9.17, 15) is 5.11 Å². The molecule has 0 aromatic carbocycles. The van der Waals surface area contributed by atoms with E-state index in [1.807, 2.05) is 0 Å². The lowest BCUT2D eigenvalue weighted by atomic mass is 9.93. The number of thiazole rings is 1. The van der Waals surface area contributed by atoms with Gasteiger partial charge in [-0.15, -0.1) is 16.4 Å². The summed E-state index contributed by atoms with van der Waals surface area (Å²) in [5.41, 5.74) is 2.07. The minimum absolute atomic E-state index is 0.0547. The maximum atomic E-state index is 10.4. The Morgan fingerprint density at radius 3 is 2.70 bits per heavy atom. The molecule has 0 saturated carbocycles. The van der Waals surface area contributed by atoms with Gasteiger partial charge >= 0.3 is 0 Å². The summed E-state index contributed by atoms with van der Waals surface area (Å²) in [4.78, 5) is 5.52. The smallest absolute Gasteiger partial charge is 0.0980 e. The van der Waals surface area contributed by atoms with E-state index >= 15 is 0 Å². The molecule has 0 aliphatic heterocycles. The number of aliphatic hydroxyl groups is 1. The Kier molecular flexibility index (Phi) is 4.88. The third kappa shape index (κ3) is 3.62. The Morgan fingerprint density at radius 1 is 1.35 bits per heavy atom. The fourth-order valence-electron chi connectivity index (χ4n) is 1.89. The molecule has 0 spiro atoms. The molecular weight excluding hydrogens is 290 g/mol. The fourth-order valence-corrected chi connectivity index (χ4v) is 3.63. The van der Waals surface area contributed by atoms with Gasteiger partial charge in [0.2, 0.25) is 0 Å². The third-order valence-corrected chi connectivity index (χ3v) is 4.80. The van der Waals surface area contributed by atoms with Crippen LogP contribution < -0.4 is 0 Å². The van der Waals surface area contributed by atoms with Gasteiger partial charge in [0.1, 0.15) is 0 Å². The molecule has 0 radical (unpaired) electrons. The second kappa shape index (κ2) is 6.28. The summed E-state index contributed by atoms with van der Waals surface area (Å²) in [5.74, 6) is 0. The highest BCUT2D eigenvalue weighted by atomic mass is 32.1. The molecule has 110 valence electrons. The van der Waals surface area contributed by atoms with Crippen LogP contribution in [0.1, 0.15) is 61.5 Å². The number of aliphatic hydroxyl groups excluding tert-OH is 1. The minimum Gasteiger partial charge on any atom is -0.387 e. The Labute approximate surface area is 128 Å². The lowest BCUT2D eigenvalue weighted by Crippen LogP contribution is -2.12. The number of hydrogen-bond donors (Lipinski definition) is 1. The van der Waals surface area contributed by atoms with Crippen molar-refractivity contribution in [1.82, 2.24) is 14.6 Å². The van der Waals surface area contributed by atoms with Crippen molar-refractivity contribution < 1.29 is 5.11 Å². The minimum atomic E-state index is -0.546. The van der Waals surface area contributed by atoms with Gasteiger partial charge in [-0.2, -0.15) is 0 Å². The average Bonchev–Trinajstić information content (AvgIpc) is 2.97. The molecule has 6 heteroatoms. The zero-order valence-electron chi connectivity index (χ0n) is 12.4. The van der Waals surface area contributed by atoms with E-state index in [1.54, 1.807) is 11.3 Å². The highest BCUT2D eigenvalue weighted by Gasteiger charge is 2.21. The first-order valence-electron chi connectivity index (χ1n) is 6.86. The Morgan fingerprint density at radius 2 is 2.10 bits per heavy atom.